The molecule has 174 valence electrons. The lowest BCUT2D eigenvalue weighted by molar-refractivity contribution is 0.620. The third-order valence-electron chi connectivity index (χ3n) is 6.37. The van der Waals surface area contributed by atoms with Crippen LogP contribution in [0.4, 0.5) is 0 Å². The van der Waals surface area contributed by atoms with E-state index in [-0.39, 0.29) is 0 Å². The van der Waals surface area contributed by atoms with Gasteiger partial charge in [-0.15, -0.1) is 0 Å². The van der Waals surface area contributed by atoms with Gasteiger partial charge < -0.3 is 4.42 Å². The number of hydrogen-bond donors (Lipinski definition) is 0. The Morgan fingerprint density at radius 1 is 0.405 bits per heavy atom. The van der Waals surface area contributed by atoms with Gasteiger partial charge >= 0.3 is 0 Å². The van der Waals surface area contributed by atoms with E-state index in [9.17, 15) is 0 Å². The van der Waals surface area contributed by atoms with E-state index >= 15 is 0 Å². The number of rotatable bonds is 4. The van der Waals surface area contributed by atoms with Crippen molar-refractivity contribution >= 4 is 21.9 Å². The zero-order valence-electron chi connectivity index (χ0n) is 19.7. The normalized spacial score (nSPS) is 11.2. The Hall–Kier alpha value is -5.16. The van der Waals surface area contributed by atoms with Crippen LogP contribution in [-0.2, 0) is 0 Å². The Balaban J connectivity index is 1.30. The Kier molecular flexibility index (Phi) is 5.03. The molecule has 5 nitrogen and oxygen atoms in total. The van der Waals surface area contributed by atoms with Gasteiger partial charge in [-0.1, -0.05) is 103 Å². The summed E-state index contributed by atoms with van der Waals surface area (Å²) in [6, 6.07) is 40.2. The van der Waals surface area contributed by atoms with Crippen molar-refractivity contribution in [3.8, 4) is 45.6 Å². The van der Waals surface area contributed by atoms with Crippen LogP contribution in [0.3, 0.4) is 0 Å². The van der Waals surface area contributed by atoms with Crippen LogP contribution in [0.15, 0.2) is 126 Å². The summed E-state index contributed by atoms with van der Waals surface area (Å²) in [5.74, 6) is 2.48. The fourth-order valence-electron chi connectivity index (χ4n) is 4.48. The Labute approximate surface area is 213 Å². The molecule has 2 heterocycles. The topological polar surface area (TPSA) is 64.7 Å². The number of aromatic nitrogens is 4. The minimum Gasteiger partial charge on any atom is -0.436 e. The van der Waals surface area contributed by atoms with E-state index in [0.29, 0.717) is 23.4 Å². The summed E-state index contributed by atoms with van der Waals surface area (Å²) in [7, 11) is 0. The van der Waals surface area contributed by atoms with Crippen LogP contribution in [0.25, 0.3) is 67.5 Å². The van der Waals surface area contributed by atoms with Crippen molar-refractivity contribution in [2.45, 2.75) is 0 Å². The van der Waals surface area contributed by atoms with Crippen molar-refractivity contribution in [1.82, 2.24) is 19.9 Å². The first kappa shape index (κ1) is 21.1. The van der Waals surface area contributed by atoms with Crippen molar-refractivity contribution in [3.05, 3.63) is 121 Å². The lowest BCUT2D eigenvalue weighted by Crippen LogP contribution is -2.00. The minimum atomic E-state index is 0.587. The maximum atomic E-state index is 6.11. The predicted octanol–water partition coefficient (Wildman–Crippen LogP) is 7.83. The van der Waals surface area contributed by atoms with Crippen molar-refractivity contribution in [2.24, 2.45) is 0 Å². The summed E-state index contributed by atoms with van der Waals surface area (Å²) >= 11 is 0. The van der Waals surface area contributed by atoms with E-state index in [1.165, 1.54) is 0 Å². The Morgan fingerprint density at radius 3 is 1.54 bits per heavy atom. The highest BCUT2D eigenvalue weighted by atomic mass is 16.3. The maximum absolute atomic E-state index is 6.11. The number of benzene rings is 5. The van der Waals surface area contributed by atoms with E-state index in [4.69, 9.17) is 24.4 Å². The Morgan fingerprint density at radius 2 is 0.919 bits per heavy atom. The molecule has 0 radical (unpaired) electrons. The highest BCUT2D eigenvalue weighted by Gasteiger charge is 2.14. The summed E-state index contributed by atoms with van der Waals surface area (Å²) in [5.41, 5.74) is 5.31. The third kappa shape index (κ3) is 3.93. The first-order valence-corrected chi connectivity index (χ1v) is 12.1. The standard InChI is InChI=1S/C32H20N4O/c1-3-10-22(11-4-1)29-34-30(23-12-5-2-6-13-23)36-31(35-29)24-15-17-25(18-16-24)32-33-28-26-14-8-7-9-21(26)19-20-27(28)37-32/h1-20H. The molecule has 0 spiro atoms. The molecule has 0 saturated carbocycles. The van der Waals surface area contributed by atoms with E-state index in [1.807, 2.05) is 103 Å². The van der Waals surface area contributed by atoms with Crippen molar-refractivity contribution in [1.29, 1.82) is 0 Å². The van der Waals surface area contributed by atoms with Gasteiger partial charge in [0.2, 0.25) is 5.89 Å². The summed E-state index contributed by atoms with van der Waals surface area (Å²) < 4.78 is 6.11. The van der Waals surface area contributed by atoms with Crippen LogP contribution >= 0.6 is 0 Å². The van der Waals surface area contributed by atoms with Gasteiger partial charge in [-0.05, 0) is 23.6 Å². The van der Waals surface area contributed by atoms with Gasteiger partial charge in [-0.25, -0.2) is 19.9 Å². The molecule has 0 bridgehead atoms. The fourth-order valence-corrected chi connectivity index (χ4v) is 4.48. The summed E-state index contributed by atoms with van der Waals surface area (Å²) in [6.07, 6.45) is 0. The summed E-state index contributed by atoms with van der Waals surface area (Å²) in [4.78, 5) is 19.2. The molecule has 0 amide bonds. The molecule has 5 heteroatoms. The van der Waals surface area contributed by atoms with Crippen LogP contribution in [0.5, 0.6) is 0 Å². The lowest BCUT2D eigenvalue weighted by Gasteiger charge is -2.08. The van der Waals surface area contributed by atoms with Crippen LogP contribution in [0, 0.1) is 0 Å². The minimum absolute atomic E-state index is 0.587. The SMILES string of the molecule is c1ccc(-c2nc(-c3ccccc3)nc(-c3ccc(-c4nc5c(ccc6ccccc65)o4)cc3)n2)cc1. The molecule has 0 fully saturated rings. The molecule has 2 aromatic heterocycles. The van der Waals surface area contributed by atoms with Gasteiger partial charge in [-0.3, -0.25) is 0 Å². The fraction of sp³-hybridized carbons (Fsp3) is 0. The highest BCUT2D eigenvalue weighted by Crippen LogP contribution is 2.31. The molecule has 7 aromatic rings. The second-order valence-electron chi connectivity index (χ2n) is 8.77. The van der Waals surface area contributed by atoms with E-state index in [2.05, 4.69) is 18.2 Å². The smallest absolute Gasteiger partial charge is 0.227 e. The van der Waals surface area contributed by atoms with Gasteiger partial charge in [0.15, 0.2) is 23.1 Å². The van der Waals surface area contributed by atoms with Crippen LogP contribution in [0.1, 0.15) is 0 Å². The molecule has 0 aliphatic heterocycles. The first-order valence-electron chi connectivity index (χ1n) is 12.1. The molecule has 0 aliphatic carbocycles. The quantitative estimate of drug-likeness (QED) is 0.259. The third-order valence-corrected chi connectivity index (χ3v) is 6.37. The second-order valence-corrected chi connectivity index (χ2v) is 8.77. The lowest BCUT2D eigenvalue weighted by atomic mass is 10.1. The van der Waals surface area contributed by atoms with Crippen LogP contribution in [-0.4, -0.2) is 19.9 Å². The highest BCUT2D eigenvalue weighted by molar-refractivity contribution is 6.03. The first-order chi connectivity index (χ1) is 18.3. The molecule has 0 saturated heterocycles. The number of oxazole rings is 1. The molecule has 0 unspecified atom stereocenters. The van der Waals surface area contributed by atoms with Gasteiger partial charge in [0, 0.05) is 27.6 Å². The summed E-state index contributed by atoms with van der Waals surface area (Å²) in [6.45, 7) is 0. The zero-order chi connectivity index (χ0) is 24.6. The number of fused-ring (bicyclic) bond motifs is 3. The van der Waals surface area contributed by atoms with Gasteiger partial charge in [0.25, 0.3) is 0 Å². The monoisotopic (exact) mass is 476 g/mol. The van der Waals surface area contributed by atoms with Crippen LogP contribution < -0.4 is 0 Å². The molecule has 0 N–H and O–H groups in total. The number of nitrogens with zero attached hydrogens (tertiary/aromatic N) is 4. The molecule has 5 aromatic carbocycles. The average molecular weight is 477 g/mol. The molecular weight excluding hydrogens is 456 g/mol. The van der Waals surface area contributed by atoms with Crippen molar-refractivity contribution in [2.75, 3.05) is 0 Å². The van der Waals surface area contributed by atoms with Gasteiger partial charge in [-0.2, -0.15) is 0 Å². The predicted molar refractivity (Wildman–Crippen MR) is 147 cm³/mol. The largest absolute Gasteiger partial charge is 0.436 e. The van der Waals surface area contributed by atoms with Crippen molar-refractivity contribution < 1.29 is 4.42 Å². The van der Waals surface area contributed by atoms with Gasteiger partial charge in [0.1, 0.15) is 5.52 Å². The second kappa shape index (κ2) is 8.81. The maximum Gasteiger partial charge on any atom is 0.227 e. The van der Waals surface area contributed by atoms with E-state index in [1.54, 1.807) is 0 Å². The van der Waals surface area contributed by atoms with Crippen molar-refractivity contribution in [3.63, 3.8) is 0 Å². The molecule has 0 atom stereocenters. The zero-order valence-corrected chi connectivity index (χ0v) is 19.7. The average Bonchev–Trinajstić information content (AvgIpc) is 3.43. The van der Waals surface area contributed by atoms with E-state index < -0.39 is 0 Å². The Bertz CT molecular complexity index is 1800. The molecule has 0 aliphatic rings. The molecule has 37 heavy (non-hydrogen) atoms. The van der Waals surface area contributed by atoms with Crippen LogP contribution in [0.2, 0.25) is 0 Å². The summed E-state index contributed by atoms with van der Waals surface area (Å²) in [5, 5.41) is 2.22. The molecule has 7 rings (SSSR count). The van der Waals surface area contributed by atoms with Gasteiger partial charge in [0.05, 0.1) is 0 Å². The molecular formula is C32H20N4O. The number of hydrogen-bond acceptors (Lipinski definition) is 5. The van der Waals surface area contributed by atoms with E-state index in [0.717, 1.165) is 44.1 Å².